The second-order valence-corrected chi connectivity index (χ2v) is 4.60. The predicted octanol–water partition coefficient (Wildman–Crippen LogP) is 1.49. The Morgan fingerprint density at radius 2 is 2.22 bits per heavy atom. The van der Waals surface area contributed by atoms with E-state index in [1.54, 1.807) is 0 Å². The largest absolute Gasteiger partial charge is 0.332 e. The summed E-state index contributed by atoms with van der Waals surface area (Å²) in [7, 11) is 0. The first kappa shape index (κ1) is 11.4. The molecule has 18 heavy (non-hydrogen) atoms. The zero-order valence-corrected chi connectivity index (χ0v) is 10.4. The highest BCUT2D eigenvalue weighted by Crippen LogP contribution is 2.26. The maximum Gasteiger partial charge on any atom is 0.278 e. The molecule has 3 heterocycles. The van der Waals surface area contributed by atoms with Crippen LogP contribution in [0.3, 0.4) is 0 Å². The third-order valence-corrected chi connectivity index (χ3v) is 3.38. The van der Waals surface area contributed by atoms with E-state index in [-0.39, 0.29) is 0 Å². The number of hydrogen-bond acceptors (Lipinski definition) is 5. The number of hydrogen-bond donors (Lipinski definition) is 2. The van der Waals surface area contributed by atoms with E-state index < -0.39 is 0 Å². The van der Waals surface area contributed by atoms with E-state index in [1.807, 2.05) is 13.0 Å². The van der Waals surface area contributed by atoms with Crippen LogP contribution in [0.1, 0.15) is 37.2 Å². The smallest absolute Gasteiger partial charge is 0.278 e. The first-order valence-electron chi connectivity index (χ1n) is 6.46. The highest BCUT2D eigenvalue weighted by Gasteiger charge is 2.19. The number of aromatic nitrogens is 4. The van der Waals surface area contributed by atoms with Crippen molar-refractivity contribution in [3.63, 3.8) is 0 Å². The number of nitrogens with zero attached hydrogens (tertiary/aromatic N) is 3. The van der Waals surface area contributed by atoms with Gasteiger partial charge in [-0.2, -0.15) is 10.1 Å². The Balaban J connectivity index is 1.79. The van der Waals surface area contributed by atoms with E-state index in [0.717, 1.165) is 43.9 Å². The molecule has 1 aliphatic rings. The molecule has 0 unspecified atom stereocenters. The molecule has 0 radical (unpaired) electrons. The molecule has 0 aromatic carbocycles. The van der Waals surface area contributed by atoms with Crippen molar-refractivity contribution in [2.45, 2.75) is 32.1 Å². The van der Waals surface area contributed by atoms with Gasteiger partial charge in [-0.1, -0.05) is 12.1 Å². The van der Waals surface area contributed by atoms with Gasteiger partial charge >= 0.3 is 0 Å². The Hall–Kier alpha value is -1.69. The molecule has 0 bridgehead atoms. The maximum atomic E-state index is 5.19. The van der Waals surface area contributed by atoms with Crippen LogP contribution < -0.4 is 5.32 Å². The number of H-pyrrole nitrogens is 1. The lowest BCUT2D eigenvalue weighted by Gasteiger charge is -2.20. The first-order chi connectivity index (χ1) is 8.86. The molecule has 1 fully saturated rings. The average molecular weight is 247 g/mol. The first-order valence-corrected chi connectivity index (χ1v) is 6.46. The SMILES string of the molecule is CCc1noc(-c2cc(C3CCNCC3)[nH]n2)n1. The van der Waals surface area contributed by atoms with Crippen LogP contribution in [0.5, 0.6) is 0 Å². The van der Waals surface area contributed by atoms with E-state index >= 15 is 0 Å². The molecule has 96 valence electrons. The summed E-state index contributed by atoms with van der Waals surface area (Å²) in [5.41, 5.74) is 1.92. The normalized spacial score (nSPS) is 17.2. The predicted molar refractivity (Wildman–Crippen MR) is 66.1 cm³/mol. The summed E-state index contributed by atoms with van der Waals surface area (Å²) in [4.78, 5) is 4.28. The van der Waals surface area contributed by atoms with Gasteiger partial charge in [-0.15, -0.1) is 0 Å². The van der Waals surface area contributed by atoms with E-state index in [9.17, 15) is 0 Å². The lowest BCUT2D eigenvalue weighted by atomic mass is 9.95. The standard InChI is InChI=1S/C12H17N5O/c1-2-11-14-12(18-17-11)10-7-9(15-16-10)8-3-5-13-6-4-8/h7-8,13H,2-6H2,1H3,(H,15,16). The minimum absolute atomic E-state index is 0.503. The number of rotatable bonds is 3. The molecule has 0 aliphatic carbocycles. The Kier molecular flexibility index (Phi) is 3.10. The second kappa shape index (κ2) is 4.89. The summed E-state index contributed by atoms with van der Waals surface area (Å²) < 4.78 is 5.19. The van der Waals surface area contributed by atoms with E-state index in [1.165, 1.54) is 5.69 Å². The van der Waals surface area contributed by atoms with Crippen molar-refractivity contribution in [2.75, 3.05) is 13.1 Å². The number of piperidine rings is 1. The zero-order valence-electron chi connectivity index (χ0n) is 10.4. The van der Waals surface area contributed by atoms with Crippen molar-refractivity contribution in [1.29, 1.82) is 0 Å². The third kappa shape index (κ3) is 2.15. The molecule has 0 atom stereocenters. The van der Waals surface area contributed by atoms with Crippen molar-refractivity contribution in [2.24, 2.45) is 0 Å². The van der Waals surface area contributed by atoms with Crippen molar-refractivity contribution in [3.8, 4) is 11.6 Å². The Bertz CT molecular complexity index is 512. The molecule has 2 aromatic heterocycles. The highest BCUT2D eigenvalue weighted by molar-refractivity contribution is 5.47. The quantitative estimate of drug-likeness (QED) is 0.859. The van der Waals surface area contributed by atoms with Crippen molar-refractivity contribution in [3.05, 3.63) is 17.6 Å². The Morgan fingerprint density at radius 1 is 1.39 bits per heavy atom. The Morgan fingerprint density at radius 3 is 2.94 bits per heavy atom. The molecule has 2 aromatic rings. The summed E-state index contributed by atoms with van der Waals surface area (Å²) in [5.74, 6) is 1.78. The van der Waals surface area contributed by atoms with Gasteiger partial charge in [0.1, 0.15) is 0 Å². The van der Waals surface area contributed by atoms with E-state index in [0.29, 0.717) is 11.8 Å². The van der Waals surface area contributed by atoms with Crippen molar-refractivity contribution < 1.29 is 4.52 Å². The molecule has 1 saturated heterocycles. The minimum atomic E-state index is 0.503. The van der Waals surface area contributed by atoms with Crippen LogP contribution in [-0.4, -0.2) is 33.4 Å². The molecule has 3 rings (SSSR count). The fourth-order valence-electron chi connectivity index (χ4n) is 2.29. The van der Waals surface area contributed by atoms with Crippen molar-refractivity contribution in [1.82, 2.24) is 25.7 Å². The van der Waals surface area contributed by atoms with Crippen LogP contribution in [0, 0.1) is 0 Å². The van der Waals surface area contributed by atoms with Gasteiger partial charge in [0, 0.05) is 18.0 Å². The van der Waals surface area contributed by atoms with Gasteiger partial charge in [0.15, 0.2) is 11.5 Å². The van der Waals surface area contributed by atoms with Gasteiger partial charge in [0.2, 0.25) is 0 Å². The fraction of sp³-hybridized carbons (Fsp3) is 0.583. The van der Waals surface area contributed by atoms with Crippen LogP contribution >= 0.6 is 0 Å². The van der Waals surface area contributed by atoms with E-state index in [2.05, 4.69) is 25.7 Å². The van der Waals surface area contributed by atoms with E-state index in [4.69, 9.17) is 4.52 Å². The molecule has 2 N–H and O–H groups in total. The molecule has 0 amide bonds. The number of aryl methyl sites for hydroxylation is 1. The van der Waals surface area contributed by atoms with Crippen LogP contribution in [0.2, 0.25) is 0 Å². The highest BCUT2D eigenvalue weighted by atomic mass is 16.5. The molecule has 1 aliphatic heterocycles. The second-order valence-electron chi connectivity index (χ2n) is 4.60. The molecular formula is C12H17N5O. The lowest BCUT2D eigenvalue weighted by molar-refractivity contribution is 0.422. The minimum Gasteiger partial charge on any atom is -0.332 e. The summed E-state index contributed by atoms with van der Waals surface area (Å²) >= 11 is 0. The topological polar surface area (TPSA) is 79.6 Å². The molecule has 0 saturated carbocycles. The summed E-state index contributed by atoms with van der Waals surface area (Å²) in [6.45, 7) is 4.14. The lowest BCUT2D eigenvalue weighted by Crippen LogP contribution is -2.26. The van der Waals surface area contributed by atoms with Gasteiger partial charge in [0.05, 0.1) is 0 Å². The Labute approximate surface area is 105 Å². The zero-order chi connectivity index (χ0) is 12.4. The molecule has 6 heteroatoms. The summed E-state index contributed by atoms with van der Waals surface area (Å²) in [5, 5.41) is 14.6. The van der Waals surface area contributed by atoms with Crippen LogP contribution in [-0.2, 0) is 6.42 Å². The van der Waals surface area contributed by atoms with Gasteiger partial charge in [0.25, 0.3) is 5.89 Å². The van der Waals surface area contributed by atoms with Gasteiger partial charge in [-0.05, 0) is 32.0 Å². The third-order valence-electron chi connectivity index (χ3n) is 3.38. The maximum absolute atomic E-state index is 5.19. The molecule has 6 nitrogen and oxygen atoms in total. The summed E-state index contributed by atoms with van der Waals surface area (Å²) in [6, 6.07) is 2.03. The monoisotopic (exact) mass is 247 g/mol. The summed E-state index contributed by atoms with van der Waals surface area (Å²) in [6.07, 6.45) is 3.06. The van der Waals surface area contributed by atoms with Crippen molar-refractivity contribution >= 4 is 0 Å². The van der Waals surface area contributed by atoms with Crippen LogP contribution in [0.4, 0.5) is 0 Å². The fourth-order valence-corrected chi connectivity index (χ4v) is 2.29. The molecular weight excluding hydrogens is 230 g/mol. The van der Waals surface area contributed by atoms with Gasteiger partial charge < -0.3 is 9.84 Å². The molecule has 0 spiro atoms. The number of nitrogens with one attached hydrogen (secondary N) is 2. The van der Waals surface area contributed by atoms with Gasteiger partial charge in [-0.25, -0.2) is 0 Å². The van der Waals surface area contributed by atoms with Crippen LogP contribution in [0.15, 0.2) is 10.6 Å². The van der Waals surface area contributed by atoms with Gasteiger partial charge in [-0.3, -0.25) is 5.10 Å². The number of aromatic amines is 1. The average Bonchev–Trinajstić information content (AvgIpc) is 3.08. The van der Waals surface area contributed by atoms with Crippen LogP contribution in [0.25, 0.3) is 11.6 Å².